The molecule has 0 aliphatic carbocycles. The summed E-state index contributed by atoms with van der Waals surface area (Å²) in [7, 11) is -11.2. The molecular weight excluding hydrogens is 592 g/mol. The quantitative estimate of drug-likeness (QED) is 0.142. The number of anilines is 1. The Morgan fingerprint density at radius 1 is 1.05 bits per heavy atom. The van der Waals surface area contributed by atoms with E-state index in [1.807, 2.05) is 0 Å². The van der Waals surface area contributed by atoms with Crippen LogP contribution in [0.4, 0.5) is 5.95 Å². The fourth-order valence-electron chi connectivity index (χ4n) is 4.97. The highest BCUT2D eigenvalue weighted by atomic mass is 31.3. The van der Waals surface area contributed by atoms with Gasteiger partial charge in [0, 0.05) is 5.92 Å². The second kappa shape index (κ2) is 10.3. The van der Waals surface area contributed by atoms with Gasteiger partial charge in [0.2, 0.25) is 12.2 Å². The summed E-state index contributed by atoms with van der Waals surface area (Å²) in [6, 6.07) is -0.552. The summed E-state index contributed by atoms with van der Waals surface area (Å²) < 4.78 is 50.2. The predicted octanol–water partition coefficient (Wildman–Crippen LogP) is -4.25. The van der Waals surface area contributed by atoms with Crippen molar-refractivity contribution in [3.8, 4) is 6.01 Å². The zero-order valence-corrected chi connectivity index (χ0v) is 21.6. The van der Waals surface area contributed by atoms with Crippen LogP contribution in [0, 0.1) is 5.92 Å². The lowest BCUT2D eigenvalue weighted by atomic mass is 9.83. The lowest BCUT2D eigenvalue weighted by Gasteiger charge is -2.43. The van der Waals surface area contributed by atoms with Crippen molar-refractivity contribution in [3.05, 3.63) is 10.4 Å². The molecule has 224 valence electrons. The lowest BCUT2D eigenvalue weighted by Crippen LogP contribution is -2.58. The number of imidazole rings is 1. The summed E-state index contributed by atoms with van der Waals surface area (Å²) in [5.74, 6) is -1.84. The van der Waals surface area contributed by atoms with E-state index < -0.39 is 113 Å². The van der Waals surface area contributed by atoms with Gasteiger partial charge in [-0.3, -0.25) is 14.3 Å². The normalized spacial score (nSPS) is 37.8. The van der Waals surface area contributed by atoms with Crippen LogP contribution in [0.15, 0.2) is 4.79 Å². The number of rotatable bonds is 5. The lowest BCUT2D eigenvalue weighted by molar-refractivity contribution is -0.269. The van der Waals surface area contributed by atoms with Crippen molar-refractivity contribution >= 4 is 32.8 Å². The molecule has 23 heteroatoms. The minimum absolute atomic E-state index is 0.330. The Balaban J connectivity index is 1.68. The largest absolute Gasteiger partial charge is 0.481 e. The Morgan fingerprint density at radius 3 is 2.40 bits per heavy atom. The fourth-order valence-corrected chi connectivity index (χ4v) is 6.75. The molecule has 4 bridgehead atoms. The maximum atomic E-state index is 12.5. The Bertz CT molecular complexity index is 1430. The number of aliphatic hydroxyl groups is 5. The molecule has 5 rings (SSSR count). The van der Waals surface area contributed by atoms with Gasteiger partial charge in [-0.05, 0) is 6.42 Å². The summed E-state index contributed by atoms with van der Waals surface area (Å²) in [6.07, 6.45) is -16.7. The van der Waals surface area contributed by atoms with Gasteiger partial charge in [0.05, 0.1) is 18.8 Å². The molecule has 3 aliphatic rings. The van der Waals surface area contributed by atoms with E-state index in [0.29, 0.717) is 0 Å². The highest BCUT2D eigenvalue weighted by Gasteiger charge is 2.55. The summed E-state index contributed by atoms with van der Waals surface area (Å²) >= 11 is 0. The summed E-state index contributed by atoms with van der Waals surface area (Å²) in [5.41, 5.74) is 4.07. The molecule has 0 aromatic carbocycles. The number of nitrogens with zero attached hydrogens (tertiary/aromatic N) is 3. The Hall–Kier alpha value is -2.07. The van der Waals surface area contributed by atoms with Gasteiger partial charge in [0.1, 0.15) is 30.5 Å². The van der Waals surface area contributed by atoms with E-state index >= 15 is 0 Å². The van der Waals surface area contributed by atoms with Crippen LogP contribution in [0.5, 0.6) is 6.01 Å². The SMILES string of the molecule is Nc1nc2c(nc3n2[C@@H]2O[C@@H]([C@@H](O)[C@H]2O)[C@@H](OP(=O)(O)OP(=O)(O)O)C[C@@H]2[C@H](O)[C@@H](O3)O[C@H](CO)[C@H]2O)c(=O)[nH]1. The molecule has 1 unspecified atom stereocenters. The molecule has 0 radical (unpaired) electrons. The van der Waals surface area contributed by atoms with Gasteiger partial charge in [-0.2, -0.15) is 14.3 Å². The molecule has 2 aromatic heterocycles. The number of aromatic amines is 1. The van der Waals surface area contributed by atoms with Crippen LogP contribution in [-0.4, -0.2) is 115 Å². The van der Waals surface area contributed by atoms with Crippen molar-refractivity contribution in [2.75, 3.05) is 12.3 Å². The fraction of sp³-hybridized carbons (Fsp3) is 0.706. The van der Waals surface area contributed by atoms with Gasteiger partial charge in [-0.1, -0.05) is 0 Å². The van der Waals surface area contributed by atoms with Gasteiger partial charge in [0.25, 0.3) is 5.56 Å². The number of aromatic nitrogens is 4. The molecule has 11 N–H and O–H groups in total. The van der Waals surface area contributed by atoms with Gasteiger partial charge in [-0.15, -0.1) is 0 Å². The smallest absolute Gasteiger partial charge is 0.432 e. The molecule has 21 nitrogen and oxygen atoms in total. The Kier molecular flexibility index (Phi) is 7.60. The van der Waals surface area contributed by atoms with Crippen molar-refractivity contribution in [1.82, 2.24) is 19.5 Å². The number of fused-ring (bicyclic) bond motifs is 8. The first kappa shape index (κ1) is 29.4. The number of H-pyrrole nitrogens is 1. The topological polar surface area (TPSA) is 332 Å². The molecule has 2 saturated heterocycles. The highest BCUT2D eigenvalue weighted by molar-refractivity contribution is 7.60. The van der Waals surface area contributed by atoms with Crippen molar-refractivity contribution in [1.29, 1.82) is 0 Å². The van der Waals surface area contributed by atoms with Crippen LogP contribution in [0.25, 0.3) is 11.2 Å². The minimum atomic E-state index is -5.64. The molecule has 2 aromatic rings. The minimum Gasteiger partial charge on any atom is -0.432 e. The molecule has 0 amide bonds. The summed E-state index contributed by atoms with van der Waals surface area (Å²) in [6.45, 7) is -0.812. The van der Waals surface area contributed by atoms with Crippen LogP contribution in [0.3, 0.4) is 0 Å². The number of nitrogens with one attached hydrogen (secondary N) is 1. The molecule has 2 fully saturated rings. The van der Waals surface area contributed by atoms with E-state index in [0.717, 1.165) is 4.57 Å². The molecule has 40 heavy (non-hydrogen) atoms. The number of hydrogen-bond donors (Lipinski definition) is 10. The van der Waals surface area contributed by atoms with Gasteiger partial charge < -0.3 is 60.2 Å². The van der Waals surface area contributed by atoms with Crippen molar-refractivity contribution < 1.29 is 72.4 Å². The van der Waals surface area contributed by atoms with Gasteiger partial charge in [-0.25, -0.2) is 13.7 Å². The van der Waals surface area contributed by atoms with Crippen molar-refractivity contribution in [3.63, 3.8) is 0 Å². The molecule has 3 aliphatic heterocycles. The van der Waals surface area contributed by atoms with Crippen LogP contribution >= 0.6 is 15.6 Å². The Morgan fingerprint density at radius 2 is 1.75 bits per heavy atom. The average molecular weight is 617 g/mol. The molecular formula is C17H25N5O16P2. The second-order valence-corrected chi connectivity index (χ2v) is 12.1. The number of ether oxygens (including phenoxy) is 3. The third kappa shape index (κ3) is 5.30. The van der Waals surface area contributed by atoms with Crippen LogP contribution < -0.4 is 16.0 Å². The van der Waals surface area contributed by atoms with Crippen molar-refractivity contribution in [2.24, 2.45) is 5.92 Å². The van der Waals surface area contributed by atoms with Crippen LogP contribution in [0.1, 0.15) is 12.6 Å². The number of phosphoric acid groups is 2. The van der Waals surface area contributed by atoms with Gasteiger partial charge in [0.15, 0.2) is 17.4 Å². The van der Waals surface area contributed by atoms with E-state index in [1.165, 1.54) is 0 Å². The number of phosphoric ester groups is 1. The monoisotopic (exact) mass is 617 g/mol. The zero-order valence-electron chi connectivity index (χ0n) is 19.8. The molecule has 11 atom stereocenters. The first-order chi connectivity index (χ1) is 18.6. The second-order valence-electron chi connectivity index (χ2n) is 9.27. The third-order valence-corrected chi connectivity index (χ3v) is 8.88. The molecule has 5 heterocycles. The van der Waals surface area contributed by atoms with Crippen LogP contribution in [-0.2, 0) is 27.4 Å². The summed E-state index contributed by atoms with van der Waals surface area (Å²) in [4.78, 5) is 50.7. The summed E-state index contributed by atoms with van der Waals surface area (Å²) in [5, 5.41) is 53.3. The zero-order chi connectivity index (χ0) is 29.3. The molecule has 0 saturated carbocycles. The van der Waals surface area contributed by atoms with Crippen molar-refractivity contribution in [2.45, 2.75) is 61.7 Å². The Labute approximate surface area is 221 Å². The highest BCUT2D eigenvalue weighted by Crippen LogP contribution is 2.59. The maximum Gasteiger partial charge on any atom is 0.481 e. The number of nitrogen functional groups attached to an aromatic ring is 1. The first-order valence-corrected chi connectivity index (χ1v) is 14.5. The number of hydrogen-bond acceptors (Lipinski definition) is 16. The first-order valence-electron chi connectivity index (χ1n) is 11.5. The van der Waals surface area contributed by atoms with E-state index in [-0.39, 0.29) is 5.65 Å². The van der Waals surface area contributed by atoms with E-state index in [4.69, 9.17) is 34.3 Å². The molecule has 0 spiro atoms. The standard InChI is InChI=1S/C17H25N5O16P2/c18-16-20-12-6(13(28)21-16)19-17-22(12)14-10(27)9(26)11(35-14)4(37-40(32,33)38-39(29,30)31)1-3-7(24)5(2-23)34-15(36-17)8(3)25/h3-5,7-11,14-15,23-27H,1-2H2,(H,32,33)(H2,29,30,31)(H3,18,20,21,28)/t3-,4-,5+,7-,8-,9-,10+,11+,14+,15+/m0/s1. The number of nitrogens with two attached hydrogens (primary N) is 1. The predicted molar refractivity (Wildman–Crippen MR) is 123 cm³/mol. The maximum absolute atomic E-state index is 12.5. The average Bonchev–Trinajstić information content (AvgIpc) is 3.32. The van der Waals surface area contributed by atoms with E-state index in [1.54, 1.807) is 0 Å². The third-order valence-electron chi connectivity index (χ3n) is 6.66. The number of aliphatic hydroxyl groups excluding tert-OH is 5. The van der Waals surface area contributed by atoms with Crippen LogP contribution in [0.2, 0.25) is 0 Å². The van der Waals surface area contributed by atoms with E-state index in [2.05, 4.69) is 19.3 Å². The van der Waals surface area contributed by atoms with E-state index in [9.17, 15) is 44.4 Å². The van der Waals surface area contributed by atoms with Gasteiger partial charge >= 0.3 is 21.7 Å².